The number of hydrogen-bond donors (Lipinski definition) is 2. The van der Waals surface area contributed by atoms with Crippen molar-refractivity contribution in [1.82, 2.24) is 19.7 Å². The lowest BCUT2D eigenvalue weighted by Crippen LogP contribution is -2.23. The zero-order valence-corrected chi connectivity index (χ0v) is 14.4. The van der Waals surface area contributed by atoms with Gasteiger partial charge >= 0.3 is 0 Å². The van der Waals surface area contributed by atoms with Crippen LogP contribution in [0.15, 0.2) is 34.7 Å². The van der Waals surface area contributed by atoms with Crippen LogP contribution in [0, 0.1) is 5.82 Å². The Morgan fingerprint density at radius 3 is 3.00 bits per heavy atom. The van der Waals surface area contributed by atoms with E-state index in [-0.39, 0.29) is 17.5 Å². The quantitative estimate of drug-likeness (QED) is 0.685. The highest BCUT2D eigenvalue weighted by molar-refractivity contribution is 7.89. The van der Waals surface area contributed by atoms with Gasteiger partial charge in [0.1, 0.15) is 10.7 Å². The molecule has 10 heteroatoms. The molecule has 1 aromatic carbocycles. The van der Waals surface area contributed by atoms with Gasteiger partial charge in [-0.1, -0.05) is 5.21 Å². The fraction of sp³-hybridized carbons (Fsp3) is 0.286. The van der Waals surface area contributed by atoms with Crippen LogP contribution < -0.4 is 10.5 Å². The molecular formula is C14H16FN5O2S2. The third kappa shape index (κ3) is 3.61. The molecule has 0 amide bonds. The van der Waals surface area contributed by atoms with Crippen LogP contribution in [0.25, 0.3) is 10.1 Å². The van der Waals surface area contributed by atoms with E-state index in [1.807, 2.05) is 6.92 Å². The van der Waals surface area contributed by atoms with Crippen molar-refractivity contribution in [2.75, 3.05) is 0 Å². The van der Waals surface area contributed by atoms with Gasteiger partial charge in [0.2, 0.25) is 10.0 Å². The Morgan fingerprint density at radius 2 is 2.25 bits per heavy atom. The number of sulfonamides is 1. The molecule has 0 saturated heterocycles. The van der Waals surface area contributed by atoms with Gasteiger partial charge in [-0.3, -0.25) is 4.68 Å². The minimum absolute atomic E-state index is 0.00601. The van der Waals surface area contributed by atoms with Gasteiger partial charge in [-0.15, -0.1) is 16.4 Å². The van der Waals surface area contributed by atoms with Crippen LogP contribution in [0.5, 0.6) is 0 Å². The molecule has 1 atom stereocenters. The molecule has 128 valence electrons. The van der Waals surface area contributed by atoms with E-state index in [4.69, 9.17) is 5.73 Å². The summed E-state index contributed by atoms with van der Waals surface area (Å²) in [5.41, 5.74) is 6.15. The molecule has 2 heterocycles. The summed E-state index contributed by atoms with van der Waals surface area (Å²) >= 11 is 1.25. The second-order valence-corrected chi connectivity index (χ2v) is 8.12. The van der Waals surface area contributed by atoms with E-state index < -0.39 is 15.8 Å². The first kappa shape index (κ1) is 17.0. The Labute approximate surface area is 142 Å². The van der Waals surface area contributed by atoms with Gasteiger partial charge in [0.15, 0.2) is 0 Å². The topological polar surface area (TPSA) is 103 Å². The largest absolute Gasteiger partial charge is 0.326 e. The molecule has 0 spiro atoms. The fourth-order valence-corrected chi connectivity index (χ4v) is 4.71. The zero-order chi connectivity index (χ0) is 17.3. The van der Waals surface area contributed by atoms with E-state index >= 15 is 0 Å². The molecule has 0 aliphatic heterocycles. The van der Waals surface area contributed by atoms with E-state index in [9.17, 15) is 12.8 Å². The maximum atomic E-state index is 13.4. The number of aromatic nitrogens is 3. The number of nitrogens with zero attached hydrogens (tertiary/aromatic N) is 3. The van der Waals surface area contributed by atoms with Crippen molar-refractivity contribution in [2.45, 2.75) is 31.0 Å². The molecule has 24 heavy (non-hydrogen) atoms. The third-order valence-corrected chi connectivity index (χ3v) is 5.85. The summed E-state index contributed by atoms with van der Waals surface area (Å²) in [5.74, 6) is -0.476. The molecule has 0 unspecified atom stereocenters. The van der Waals surface area contributed by atoms with Gasteiger partial charge in [-0.2, -0.15) is 0 Å². The molecule has 0 bridgehead atoms. The molecule has 0 saturated carbocycles. The molecule has 7 nitrogen and oxygen atoms in total. The smallest absolute Gasteiger partial charge is 0.242 e. The second kappa shape index (κ2) is 6.55. The number of nitrogens with one attached hydrogen (secondary N) is 1. The van der Waals surface area contributed by atoms with E-state index in [0.29, 0.717) is 22.3 Å². The predicted molar refractivity (Wildman–Crippen MR) is 89.5 cm³/mol. The maximum absolute atomic E-state index is 13.4. The van der Waals surface area contributed by atoms with Crippen LogP contribution in [-0.2, 0) is 23.1 Å². The molecule has 2 aromatic heterocycles. The molecular weight excluding hydrogens is 353 g/mol. The Balaban J connectivity index is 1.78. The SMILES string of the molecule is C[C@H](N)Cn1cc(CNS(=O)(=O)c2csc3ccc(F)cc23)nn1. The number of halogens is 1. The average Bonchev–Trinajstić information content (AvgIpc) is 3.11. The van der Waals surface area contributed by atoms with Gasteiger partial charge in [0.05, 0.1) is 18.8 Å². The van der Waals surface area contributed by atoms with Crippen LogP contribution >= 0.6 is 11.3 Å². The molecule has 3 rings (SSSR count). The van der Waals surface area contributed by atoms with Crippen molar-refractivity contribution in [1.29, 1.82) is 0 Å². The van der Waals surface area contributed by atoms with E-state index in [1.54, 1.807) is 16.9 Å². The highest BCUT2D eigenvalue weighted by Gasteiger charge is 2.20. The second-order valence-electron chi connectivity index (χ2n) is 5.47. The summed E-state index contributed by atoms with van der Waals surface area (Å²) in [4.78, 5) is 0.0602. The van der Waals surface area contributed by atoms with Gasteiger partial charge < -0.3 is 5.73 Å². The molecule has 0 radical (unpaired) electrons. The minimum Gasteiger partial charge on any atom is -0.326 e. The van der Waals surface area contributed by atoms with Crippen LogP contribution in [-0.4, -0.2) is 29.5 Å². The van der Waals surface area contributed by atoms with Crippen molar-refractivity contribution >= 4 is 31.4 Å². The lowest BCUT2D eigenvalue weighted by Gasteiger charge is -2.04. The van der Waals surface area contributed by atoms with Crippen molar-refractivity contribution in [2.24, 2.45) is 5.73 Å². The number of benzene rings is 1. The lowest BCUT2D eigenvalue weighted by molar-refractivity contribution is 0.523. The summed E-state index contributed by atoms with van der Waals surface area (Å²) in [7, 11) is -3.78. The highest BCUT2D eigenvalue weighted by atomic mass is 32.2. The molecule has 0 aliphatic rings. The van der Waals surface area contributed by atoms with Gasteiger partial charge in [0, 0.05) is 27.7 Å². The summed E-state index contributed by atoms with van der Waals surface area (Å²) < 4.78 is 43.1. The van der Waals surface area contributed by atoms with Gasteiger partial charge in [-0.05, 0) is 25.1 Å². The Bertz CT molecular complexity index is 965. The standard InChI is InChI=1S/C14H16FN5O2S2/c1-9(16)6-20-7-11(18-19-20)5-17-24(21,22)14-8-23-13-3-2-10(15)4-12(13)14/h2-4,7-9,17H,5-6,16H2,1H3/t9-/m0/s1. The van der Waals surface area contributed by atoms with Gasteiger partial charge in [-0.25, -0.2) is 17.5 Å². The van der Waals surface area contributed by atoms with Crippen LogP contribution in [0.3, 0.4) is 0 Å². The highest BCUT2D eigenvalue weighted by Crippen LogP contribution is 2.29. The maximum Gasteiger partial charge on any atom is 0.242 e. The lowest BCUT2D eigenvalue weighted by atomic mass is 10.2. The number of thiophene rings is 1. The molecule has 3 N–H and O–H groups in total. The average molecular weight is 369 g/mol. The van der Waals surface area contributed by atoms with Crippen molar-refractivity contribution in [3.63, 3.8) is 0 Å². The molecule has 3 aromatic rings. The van der Waals surface area contributed by atoms with Crippen molar-refractivity contribution in [3.8, 4) is 0 Å². The Kier molecular flexibility index (Phi) is 4.63. The minimum atomic E-state index is -3.78. The van der Waals surface area contributed by atoms with E-state index in [0.717, 1.165) is 0 Å². The normalized spacial score (nSPS) is 13.5. The Hall–Kier alpha value is -1.88. The monoisotopic (exact) mass is 369 g/mol. The van der Waals surface area contributed by atoms with E-state index in [2.05, 4.69) is 15.0 Å². The molecule has 0 aliphatic carbocycles. The third-order valence-electron chi connectivity index (χ3n) is 3.29. The predicted octanol–water partition coefficient (Wildman–Crippen LogP) is 1.46. The van der Waals surface area contributed by atoms with Crippen molar-refractivity contribution in [3.05, 3.63) is 41.3 Å². The first-order valence-corrected chi connectivity index (χ1v) is 9.52. The van der Waals surface area contributed by atoms with Gasteiger partial charge in [0.25, 0.3) is 0 Å². The number of rotatable bonds is 6. The van der Waals surface area contributed by atoms with E-state index in [1.165, 1.54) is 28.8 Å². The van der Waals surface area contributed by atoms with Crippen molar-refractivity contribution < 1.29 is 12.8 Å². The number of hydrogen-bond acceptors (Lipinski definition) is 6. The number of nitrogens with two attached hydrogens (primary N) is 1. The fourth-order valence-electron chi connectivity index (χ4n) is 2.24. The first-order valence-electron chi connectivity index (χ1n) is 7.16. The molecule has 0 fully saturated rings. The van der Waals surface area contributed by atoms with Crippen LogP contribution in [0.4, 0.5) is 4.39 Å². The number of fused-ring (bicyclic) bond motifs is 1. The first-order chi connectivity index (χ1) is 11.3. The summed E-state index contributed by atoms with van der Waals surface area (Å²) in [6.07, 6.45) is 1.64. The summed E-state index contributed by atoms with van der Waals surface area (Å²) in [6, 6.07) is 4.01. The summed E-state index contributed by atoms with van der Waals surface area (Å²) in [5, 5.41) is 9.66. The zero-order valence-electron chi connectivity index (χ0n) is 12.8. The Morgan fingerprint density at radius 1 is 1.46 bits per heavy atom. The van der Waals surface area contributed by atoms with Crippen LogP contribution in [0.2, 0.25) is 0 Å². The van der Waals surface area contributed by atoms with Crippen LogP contribution in [0.1, 0.15) is 12.6 Å². The summed E-state index contributed by atoms with van der Waals surface area (Å²) in [6.45, 7) is 2.33.